The van der Waals surface area contributed by atoms with Gasteiger partial charge in [-0.1, -0.05) is 25.1 Å². The second-order valence-corrected chi connectivity index (χ2v) is 6.46. The molecular weight excluding hydrogens is 258 g/mol. The van der Waals surface area contributed by atoms with Crippen molar-refractivity contribution < 1.29 is 4.79 Å². The Morgan fingerprint density at radius 2 is 1.84 bits per heavy atom. The van der Waals surface area contributed by atoms with Crippen LogP contribution in [0.3, 0.4) is 0 Å². The van der Waals surface area contributed by atoms with Crippen molar-refractivity contribution in [2.75, 3.05) is 19.6 Å². The minimum atomic E-state index is 0.250. The van der Waals surface area contributed by atoms with E-state index in [0.29, 0.717) is 23.5 Å². The van der Waals surface area contributed by atoms with Gasteiger partial charge < -0.3 is 11.1 Å². The predicted octanol–water partition coefficient (Wildman–Crippen LogP) is 1.43. The van der Waals surface area contributed by atoms with E-state index in [9.17, 15) is 4.79 Å². The summed E-state index contributed by atoms with van der Waals surface area (Å²) in [6.45, 7) is 2.66. The normalized spacial score (nSPS) is 22.5. The summed E-state index contributed by atoms with van der Waals surface area (Å²) in [6, 6.07) is 0.344. The molecule has 2 fully saturated rings. The number of rotatable bonds is 5. The third-order valence-corrected chi connectivity index (χ3v) is 4.41. The number of hydrogen-bond donors (Lipinski definition) is 2. The molecule has 0 bridgehead atoms. The minimum Gasteiger partial charge on any atom is -0.392 e. The van der Waals surface area contributed by atoms with Crippen molar-refractivity contribution in [2.24, 2.45) is 11.7 Å². The maximum Gasteiger partial charge on any atom is 0.220 e. The van der Waals surface area contributed by atoms with E-state index in [1.54, 1.807) is 0 Å². The third kappa shape index (κ3) is 5.07. The van der Waals surface area contributed by atoms with Crippen LogP contribution in [-0.2, 0) is 4.79 Å². The average Bonchev–Trinajstić information content (AvgIpc) is 2.83. The first kappa shape index (κ1) is 14.7. The van der Waals surface area contributed by atoms with Gasteiger partial charge >= 0.3 is 0 Å². The first-order valence-electron chi connectivity index (χ1n) is 7.43. The van der Waals surface area contributed by atoms with E-state index in [1.165, 1.54) is 25.7 Å². The molecule has 1 saturated carbocycles. The summed E-state index contributed by atoms with van der Waals surface area (Å²) in [5.74, 6) is 0.884. The zero-order valence-corrected chi connectivity index (χ0v) is 12.4. The molecule has 0 aromatic rings. The lowest BCUT2D eigenvalue weighted by molar-refractivity contribution is -0.123. The van der Waals surface area contributed by atoms with E-state index in [4.69, 9.17) is 18.0 Å². The summed E-state index contributed by atoms with van der Waals surface area (Å²) in [5.41, 5.74) is 5.55. The van der Waals surface area contributed by atoms with Crippen LogP contribution in [0.5, 0.6) is 0 Å². The molecule has 5 heteroatoms. The molecule has 0 unspecified atom stereocenters. The van der Waals surface area contributed by atoms with Gasteiger partial charge in [0.1, 0.15) is 0 Å². The Morgan fingerprint density at radius 1 is 1.21 bits per heavy atom. The van der Waals surface area contributed by atoms with Crippen LogP contribution >= 0.6 is 12.2 Å². The predicted molar refractivity (Wildman–Crippen MR) is 81.0 cm³/mol. The number of amides is 1. The highest BCUT2D eigenvalue weighted by Gasteiger charge is 2.23. The molecule has 3 N–H and O–H groups in total. The van der Waals surface area contributed by atoms with Crippen molar-refractivity contribution >= 4 is 23.1 Å². The van der Waals surface area contributed by atoms with Gasteiger partial charge in [-0.15, -0.1) is 0 Å². The van der Waals surface area contributed by atoms with E-state index in [0.717, 1.165) is 32.4 Å². The topological polar surface area (TPSA) is 58.4 Å². The first-order valence-corrected chi connectivity index (χ1v) is 7.84. The summed E-state index contributed by atoms with van der Waals surface area (Å²) in [6.07, 6.45) is 7.83. The summed E-state index contributed by atoms with van der Waals surface area (Å²) in [5, 5.41) is 3.19. The molecule has 0 atom stereocenters. The number of nitrogens with two attached hydrogens (primary N) is 1. The Bertz CT molecular complexity index is 321. The first-order chi connectivity index (χ1) is 9.13. The van der Waals surface area contributed by atoms with Gasteiger partial charge in [0, 0.05) is 32.1 Å². The molecule has 1 amide bonds. The standard InChI is InChI=1S/C14H25N3OS/c15-13(19)10-17-7-5-12(6-8-17)16-14(18)9-11-3-1-2-4-11/h11-12H,1-10H2,(H2,15,19)(H,16,18). The smallest absolute Gasteiger partial charge is 0.220 e. The van der Waals surface area contributed by atoms with Crippen LogP contribution in [0.2, 0.25) is 0 Å². The van der Waals surface area contributed by atoms with Gasteiger partial charge in [0.15, 0.2) is 0 Å². The lowest BCUT2D eigenvalue weighted by atomic mass is 10.0. The highest BCUT2D eigenvalue weighted by atomic mass is 32.1. The summed E-state index contributed by atoms with van der Waals surface area (Å²) >= 11 is 4.92. The number of carbonyl (C=O) groups is 1. The van der Waals surface area contributed by atoms with Gasteiger partial charge in [0.05, 0.1) is 4.99 Å². The molecule has 4 nitrogen and oxygen atoms in total. The molecular formula is C14H25N3OS. The van der Waals surface area contributed by atoms with Crippen LogP contribution in [0.15, 0.2) is 0 Å². The van der Waals surface area contributed by atoms with Gasteiger partial charge in [-0.25, -0.2) is 0 Å². The number of nitrogens with one attached hydrogen (secondary N) is 1. The van der Waals surface area contributed by atoms with Crippen molar-refractivity contribution in [3.8, 4) is 0 Å². The van der Waals surface area contributed by atoms with E-state index in [-0.39, 0.29) is 5.91 Å². The van der Waals surface area contributed by atoms with Crippen LogP contribution in [0.1, 0.15) is 44.9 Å². The molecule has 1 saturated heterocycles. The Kier molecular flexibility index (Phi) is 5.58. The van der Waals surface area contributed by atoms with E-state index in [2.05, 4.69) is 10.2 Å². The number of thiocarbonyl (C=S) groups is 1. The molecule has 1 aliphatic carbocycles. The van der Waals surface area contributed by atoms with Crippen LogP contribution < -0.4 is 11.1 Å². The average molecular weight is 283 g/mol. The molecule has 108 valence electrons. The van der Waals surface area contributed by atoms with Crippen LogP contribution in [0.25, 0.3) is 0 Å². The van der Waals surface area contributed by atoms with Crippen LogP contribution in [0.4, 0.5) is 0 Å². The van der Waals surface area contributed by atoms with E-state index >= 15 is 0 Å². The Hall–Kier alpha value is -0.680. The summed E-state index contributed by atoms with van der Waals surface area (Å²) in [4.78, 5) is 14.8. The largest absolute Gasteiger partial charge is 0.392 e. The summed E-state index contributed by atoms with van der Waals surface area (Å²) < 4.78 is 0. The van der Waals surface area contributed by atoms with Gasteiger partial charge in [-0.2, -0.15) is 0 Å². The Labute approximate surface area is 121 Å². The molecule has 19 heavy (non-hydrogen) atoms. The van der Waals surface area contributed by atoms with Gasteiger partial charge in [-0.3, -0.25) is 9.69 Å². The molecule has 2 rings (SSSR count). The highest BCUT2D eigenvalue weighted by molar-refractivity contribution is 7.80. The number of likely N-dealkylation sites (tertiary alicyclic amines) is 1. The Balaban J connectivity index is 1.64. The number of nitrogens with zero attached hydrogens (tertiary/aromatic N) is 1. The fourth-order valence-corrected chi connectivity index (χ4v) is 3.40. The van der Waals surface area contributed by atoms with Crippen molar-refractivity contribution in [1.82, 2.24) is 10.2 Å². The molecule has 2 aliphatic rings. The SMILES string of the molecule is NC(=S)CN1CCC(NC(=O)CC2CCCC2)CC1. The van der Waals surface area contributed by atoms with Gasteiger partial charge in [0.2, 0.25) is 5.91 Å². The van der Waals surface area contributed by atoms with Gasteiger partial charge in [0.25, 0.3) is 0 Å². The lowest BCUT2D eigenvalue weighted by Crippen LogP contribution is -2.46. The van der Waals surface area contributed by atoms with Crippen LogP contribution in [0, 0.1) is 5.92 Å². The zero-order chi connectivity index (χ0) is 13.7. The maximum atomic E-state index is 12.0. The molecule has 1 heterocycles. The highest BCUT2D eigenvalue weighted by Crippen LogP contribution is 2.27. The van der Waals surface area contributed by atoms with Crippen molar-refractivity contribution in [1.29, 1.82) is 0 Å². The van der Waals surface area contributed by atoms with E-state index in [1.807, 2.05) is 0 Å². The van der Waals surface area contributed by atoms with Crippen molar-refractivity contribution in [3.63, 3.8) is 0 Å². The Morgan fingerprint density at radius 3 is 2.42 bits per heavy atom. The lowest BCUT2D eigenvalue weighted by Gasteiger charge is -2.32. The molecule has 0 radical (unpaired) electrons. The second kappa shape index (κ2) is 7.20. The molecule has 0 aromatic carbocycles. The fraction of sp³-hybridized carbons (Fsp3) is 0.857. The quantitative estimate of drug-likeness (QED) is 0.750. The monoisotopic (exact) mass is 283 g/mol. The number of hydrogen-bond acceptors (Lipinski definition) is 3. The molecule has 1 aliphatic heterocycles. The number of piperidine rings is 1. The van der Waals surface area contributed by atoms with Crippen LogP contribution in [-0.4, -0.2) is 41.5 Å². The molecule has 0 spiro atoms. The molecule has 0 aromatic heterocycles. The van der Waals surface area contributed by atoms with Gasteiger partial charge in [-0.05, 0) is 31.6 Å². The fourth-order valence-electron chi connectivity index (χ4n) is 3.22. The van der Waals surface area contributed by atoms with Crippen molar-refractivity contribution in [3.05, 3.63) is 0 Å². The third-order valence-electron chi connectivity index (χ3n) is 4.28. The number of carbonyl (C=O) groups excluding carboxylic acids is 1. The van der Waals surface area contributed by atoms with E-state index < -0.39 is 0 Å². The minimum absolute atomic E-state index is 0.250. The maximum absolute atomic E-state index is 12.0. The zero-order valence-electron chi connectivity index (χ0n) is 11.6. The van der Waals surface area contributed by atoms with Crippen molar-refractivity contribution in [2.45, 2.75) is 51.0 Å². The second-order valence-electron chi connectivity index (χ2n) is 5.94. The summed E-state index contributed by atoms with van der Waals surface area (Å²) in [7, 11) is 0.